The summed E-state index contributed by atoms with van der Waals surface area (Å²) in [7, 11) is 1.63. The van der Waals surface area contributed by atoms with E-state index in [4.69, 9.17) is 10.5 Å². The van der Waals surface area contributed by atoms with Gasteiger partial charge in [0.2, 0.25) is 0 Å². The third kappa shape index (κ3) is 3.50. The van der Waals surface area contributed by atoms with Crippen LogP contribution >= 0.6 is 11.3 Å². The highest BCUT2D eigenvalue weighted by Crippen LogP contribution is 2.37. The first-order valence-electron chi connectivity index (χ1n) is 6.58. The number of ether oxygens (including phenoxy) is 1. The molecule has 1 aromatic rings. The highest BCUT2D eigenvalue weighted by Gasteiger charge is 2.23. The summed E-state index contributed by atoms with van der Waals surface area (Å²) in [4.78, 5) is 12.6. The molecule has 110 valence electrons. The monoisotopic (exact) mass is 295 g/mol. The van der Waals surface area contributed by atoms with Gasteiger partial charge in [0.15, 0.2) is 5.78 Å². The normalized spacial score (nSPS) is 12.2. The van der Waals surface area contributed by atoms with Crippen LogP contribution in [0.15, 0.2) is 0 Å². The Morgan fingerprint density at radius 1 is 1.55 bits per heavy atom. The number of anilines is 2. The third-order valence-electron chi connectivity index (χ3n) is 3.00. The maximum atomic E-state index is 12.1. The summed E-state index contributed by atoms with van der Waals surface area (Å²) in [5.41, 5.74) is 6.58. The van der Waals surface area contributed by atoms with Gasteiger partial charge < -0.3 is 15.8 Å². The number of hydrogen-bond acceptors (Lipinski definition) is 6. The SMILES string of the molecule is CCC(COC)Nc1sc(C(=O)C(C)C)c(N)c1C#N. The Morgan fingerprint density at radius 2 is 2.20 bits per heavy atom. The van der Waals surface area contributed by atoms with Gasteiger partial charge in [-0.05, 0) is 6.42 Å². The molecule has 0 spiro atoms. The molecule has 0 aliphatic rings. The summed E-state index contributed by atoms with van der Waals surface area (Å²) in [5, 5.41) is 13.1. The average molecular weight is 295 g/mol. The lowest BCUT2D eigenvalue weighted by Crippen LogP contribution is -2.23. The number of methoxy groups -OCH3 is 1. The number of Topliss-reactive ketones (excluding diaryl/α,β-unsaturated/α-hetero) is 1. The fourth-order valence-corrected chi connectivity index (χ4v) is 2.99. The fraction of sp³-hybridized carbons (Fsp3) is 0.571. The molecule has 20 heavy (non-hydrogen) atoms. The minimum Gasteiger partial charge on any atom is -0.396 e. The van der Waals surface area contributed by atoms with Crippen molar-refractivity contribution in [2.24, 2.45) is 5.92 Å². The number of nitrogens with zero attached hydrogens (tertiary/aromatic N) is 1. The topological polar surface area (TPSA) is 88.1 Å². The summed E-state index contributed by atoms with van der Waals surface area (Å²) in [6.07, 6.45) is 0.851. The molecule has 6 heteroatoms. The second-order valence-electron chi connectivity index (χ2n) is 4.88. The maximum Gasteiger partial charge on any atom is 0.177 e. The van der Waals surface area contributed by atoms with Crippen molar-refractivity contribution in [3.8, 4) is 6.07 Å². The van der Waals surface area contributed by atoms with Gasteiger partial charge in [0.05, 0.1) is 17.2 Å². The van der Waals surface area contributed by atoms with Crippen molar-refractivity contribution in [2.45, 2.75) is 33.2 Å². The molecule has 1 atom stereocenters. The summed E-state index contributed by atoms with van der Waals surface area (Å²) < 4.78 is 5.12. The third-order valence-corrected chi connectivity index (χ3v) is 4.15. The highest BCUT2D eigenvalue weighted by atomic mass is 32.1. The number of nitrogens with two attached hydrogens (primary N) is 1. The van der Waals surface area contributed by atoms with E-state index in [0.29, 0.717) is 22.0 Å². The van der Waals surface area contributed by atoms with E-state index >= 15 is 0 Å². The zero-order valence-electron chi connectivity index (χ0n) is 12.3. The van der Waals surface area contributed by atoms with Crippen molar-refractivity contribution in [2.75, 3.05) is 24.8 Å². The van der Waals surface area contributed by atoms with Gasteiger partial charge in [-0.3, -0.25) is 4.79 Å². The van der Waals surface area contributed by atoms with Gasteiger partial charge in [-0.15, -0.1) is 11.3 Å². The van der Waals surface area contributed by atoms with Crippen LogP contribution < -0.4 is 11.1 Å². The van der Waals surface area contributed by atoms with Gasteiger partial charge in [0.1, 0.15) is 16.6 Å². The predicted octanol–water partition coefficient (Wildman–Crippen LogP) is 2.88. The van der Waals surface area contributed by atoms with Crippen LogP contribution in [0.1, 0.15) is 42.4 Å². The van der Waals surface area contributed by atoms with E-state index in [1.807, 2.05) is 20.8 Å². The summed E-state index contributed by atoms with van der Waals surface area (Å²) in [5.74, 6) is -0.173. The molecular weight excluding hydrogens is 274 g/mol. The zero-order valence-corrected chi connectivity index (χ0v) is 13.1. The number of rotatable bonds is 7. The van der Waals surface area contributed by atoms with E-state index in [-0.39, 0.29) is 23.4 Å². The van der Waals surface area contributed by atoms with Crippen molar-refractivity contribution < 1.29 is 9.53 Å². The van der Waals surface area contributed by atoms with Gasteiger partial charge in [0.25, 0.3) is 0 Å². The highest BCUT2D eigenvalue weighted by molar-refractivity contribution is 7.19. The van der Waals surface area contributed by atoms with Crippen LogP contribution in [0.4, 0.5) is 10.7 Å². The summed E-state index contributed by atoms with van der Waals surface area (Å²) >= 11 is 1.25. The Labute approximate surface area is 123 Å². The summed E-state index contributed by atoms with van der Waals surface area (Å²) in [6.45, 7) is 6.20. The molecule has 1 aromatic heterocycles. The fourth-order valence-electron chi connectivity index (χ4n) is 1.75. The van der Waals surface area contributed by atoms with Gasteiger partial charge in [0, 0.05) is 19.1 Å². The number of nitrogens with one attached hydrogen (secondary N) is 1. The molecule has 1 unspecified atom stereocenters. The molecule has 0 radical (unpaired) electrons. The van der Waals surface area contributed by atoms with Crippen molar-refractivity contribution in [3.05, 3.63) is 10.4 Å². The Morgan fingerprint density at radius 3 is 2.65 bits per heavy atom. The van der Waals surface area contributed by atoms with Crippen molar-refractivity contribution in [3.63, 3.8) is 0 Å². The average Bonchev–Trinajstić information content (AvgIpc) is 2.73. The molecule has 0 saturated heterocycles. The largest absolute Gasteiger partial charge is 0.396 e. The molecule has 0 saturated carbocycles. The van der Waals surface area contributed by atoms with Crippen LogP contribution in [0.25, 0.3) is 0 Å². The van der Waals surface area contributed by atoms with Gasteiger partial charge in [-0.25, -0.2) is 0 Å². The number of hydrogen-bond donors (Lipinski definition) is 2. The van der Waals surface area contributed by atoms with E-state index in [2.05, 4.69) is 11.4 Å². The molecule has 0 bridgehead atoms. The molecule has 5 nitrogen and oxygen atoms in total. The lowest BCUT2D eigenvalue weighted by molar-refractivity contribution is 0.0944. The number of ketones is 1. The number of thiophene rings is 1. The number of nitriles is 1. The van der Waals surface area contributed by atoms with Gasteiger partial charge in [-0.1, -0.05) is 20.8 Å². The van der Waals surface area contributed by atoms with Crippen LogP contribution in [-0.2, 0) is 4.74 Å². The second kappa shape index (κ2) is 7.27. The summed E-state index contributed by atoms with van der Waals surface area (Å²) in [6, 6.07) is 2.17. The van der Waals surface area contributed by atoms with Crippen LogP contribution in [0.2, 0.25) is 0 Å². The Balaban J connectivity index is 3.12. The molecule has 0 aliphatic carbocycles. The van der Waals surface area contributed by atoms with Crippen LogP contribution in [0, 0.1) is 17.2 Å². The van der Waals surface area contributed by atoms with E-state index in [1.165, 1.54) is 11.3 Å². The molecule has 0 aromatic carbocycles. The number of carbonyl (C=O) groups is 1. The van der Waals surface area contributed by atoms with Crippen LogP contribution in [-0.4, -0.2) is 25.5 Å². The smallest absolute Gasteiger partial charge is 0.177 e. The zero-order chi connectivity index (χ0) is 15.3. The van der Waals surface area contributed by atoms with Gasteiger partial charge in [-0.2, -0.15) is 5.26 Å². The lowest BCUT2D eigenvalue weighted by atomic mass is 10.1. The Hall–Kier alpha value is -1.58. The minimum absolute atomic E-state index is 0.0307. The minimum atomic E-state index is -0.142. The first-order valence-corrected chi connectivity index (χ1v) is 7.39. The quantitative estimate of drug-likeness (QED) is 0.755. The standard InChI is InChI=1S/C14H21N3O2S/c1-5-9(7-19-4)17-14-10(6-15)11(16)13(20-14)12(18)8(2)3/h8-9,17H,5,7,16H2,1-4H3. The first kappa shape index (κ1) is 16.5. The molecule has 1 heterocycles. The molecule has 0 aliphatic heterocycles. The van der Waals surface area contributed by atoms with Crippen LogP contribution in [0.3, 0.4) is 0 Å². The molecule has 0 fully saturated rings. The predicted molar refractivity (Wildman–Crippen MR) is 82.2 cm³/mol. The van der Waals surface area contributed by atoms with E-state index in [0.717, 1.165) is 6.42 Å². The molecule has 0 amide bonds. The Bertz CT molecular complexity index is 517. The molecule has 1 rings (SSSR count). The van der Waals surface area contributed by atoms with Crippen molar-refractivity contribution in [1.29, 1.82) is 5.26 Å². The second-order valence-corrected chi connectivity index (χ2v) is 5.91. The first-order chi connectivity index (χ1) is 9.46. The number of carbonyl (C=O) groups excluding carboxylic acids is 1. The van der Waals surface area contributed by atoms with E-state index < -0.39 is 0 Å². The van der Waals surface area contributed by atoms with Crippen molar-refractivity contribution in [1.82, 2.24) is 0 Å². The van der Waals surface area contributed by atoms with Crippen LogP contribution in [0.5, 0.6) is 0 Å². The lowest BCUT2D eigenvalue weighted by Gasteiger charge is -2.15. The van der Waals surface area contributed by atoms with Gasteiger partial charge >= 0.3 is 0 Å². The number of nitrogen functional groups attached to an aromatic ring is 1. The van der Waals surface area contributed by atoms with E-state index in [9.17, 15) is 10.1 Å². The molecule has 3 N–H and O–H groups in total. The molecular formula is C14H21N3O2S. The van der Waals surface area contributed by atoms with Crippen molar-refractivity contribution >= 4 is 27.8 Å². The Kier molecular flexibility index (Phi) is 5.99. The maximum absolute atomic E-state index is 12.1. The van der Waals surface area contributed by atoms with E-state index in [1.54, 1.807) is 7.11 Å².